The van der Waals surface area contributed by atoms with Gasteiger partial charge in [-0.15, -0.1) is 0 Å². The number of carboxylic acids is 1. The fourth-order valence-corrected chi connectivity index (χ4v) is 2.04. The summed E-state index contributed by atoms with van der Waals surface area (Å²) in [6.45, 7) is 0. The zero-order chi connectivity index (χ0) is 12.8. The van der Waals surface area contributed by atoms with Crippen LogP contribution in [0.2, 0.25) is 0 Å². The molecule has 0 fully saturated rings. The van der Waals surface area contributed by atoms with Crippen LogP contribution in [-0.4, -0.2) is 29.9 Å². The van der Waals surface area contributed by atoms with Crippen molar-refractivity contribution in [3.63, 3.8) is 0 Å². The molecule has 1 N–H and O–H groups in total. The van der Waals surface area contributed by atoms with Crippen LogP contribution < -0.4 is 0 Å². The van der Waals surface area contributed by atoms with Crippen molar-refractivity contribution in [1.29, 1.82) is 0 Å². The van der Waals surface area contributed by atoms with Gasteiger partial charge in [-0.05, 0) is 24.0 Å². The van der Waals surface area contributed by atoms with Crippen LogP contribution in [0, 0.1) is 5.92 Å². The molecule has 2 rings (SSSR count). The van der Waals surface area contributed by atoms with Crippen LogP contribution in [0.15, 0.2) is 60.7 Å². The van der Waals surface area contributed by atoms with E-state index in [9.17, 15) is 9.90 Å². The average molecular weight is 248 g/mol. The van der Waals surface area contributed by atoms with Gasteiger partial charge in [-0.1, -0.05) is 60.7 Å². The molecule has 0 atom stereocenters. The molecule has 19 heavy (non-hydrogen) atoms. The molecule has 0 radical (unpaired) electrons. The molecule has 0 aliphatic carbocycles. The Morgan fingerprint density at radius 1 is 0.842 bits per heavy atom. The second-order valence-electron chi connectivity index (χ2n) is 4.41. The minimum atomic E-state index is -0.734. The third kappa shape index (κ3) is 4.94. The number of carboxylic acid groups (broad SMARTS) is 1. The van der Waals surface area contributed by atoms with Crippen LogP contribution in [0.5, 0.6) is 0 Å². The molecule has 2 nitrogen and oxygen atoms in total. The van der Waals surface area contributed by atoms with Crippen LogP contribution >= 0.6 is 0 Å². The van der Waals surface area contributed by atoms with Crippen molar-refractivity contribution in [2.24, 2.45) is 5.92 Å². The van der Waals surface area contributed by atoms with Crippen molar-refractivity contribution < 1.29 is 9.90 Å². The number of hydrogen-bond donors (Lipinski definition) is 1. The van der Waals surface area contributed by atoms with Crippen LogP contribution in [0.3, 0.4) is 0 Å². The fraction of sp³-hybridized carbons (Fsp3) is 0.188. The molecule has 0 spiro atoms. The predicted molar refractivity (Wildman–Crippen MR) is 78.6 cm³/mol. The quantitative estimate of drug-likeness (QED) is 0.825. The van der Waals surface area contributed by atoms with Crippen molar-refractivity contribution in [2.45, 2.75) is 12.8 Å². The Morgan fingerprint density at radius 2 is 1.21 bits per heavy atom. The Balaban J connectivity index is 0.00000180. The molecule has 0 heterocycles. The van der Waals surface area contributed by atoms with E-state index in [1.807, 2.05) is 60.7 Å². The summed E-state index contributed by atoms with van der Waals surface area (Å²) in [6, 6.07) is 19.5. The second kappa shape index (κ2) is 7.84. The normalized spacial score (nSPS) is 9.95. The molecule has 0 bridgehead atoms. The fourth-order valence-electron chi connectivity index (χ4n) is 2.04. The Bertz CT molecular complexity index is 455. The molecule has 0 amide bonds. The topological polar surface area (TPSA) is 37.3 Å². The Hall–Kier alpha value is -1.49. The number of carbonyl (C=O) groups is 1. The summed E-state index contributed by atoms with van der Waals surface area (Å²) < 4.78 is 0. The maximum absolute atomic E-state index is 11.3. The molecule has 0 saturated heterocycles. The molecular formula is C16H17LiO2. The number of hydrogen-bond acceptors (Lipinski definition) is 1. The van der Waals surface area contributed by atoms with Gasteiger partial charge < -0.3 is 5.11 Å². The first-order valence-electron chi connectivity index (χ1n) is 6.06. The van der Waals surface area contributed by atoms with Gasteiger partial charge in [0, 0.05) is 0 Å². The van der Waals surface area contributed by atoms with E-state index < -0.39 is 5.97 Å². The summed E-state index contributed by atoms with van der Waals surface area (Å²) in [6.07, 6.45) is 1.15. The first-order chi connectivity index (χ1) is 8.75. The van der Waals surface area contributed by atoms with E-state index in [-0.39, 0.29) is 24.8 Å². The van der Waals surface area contributed by atoms with Gasteiger partial charge in [-0.25, -0.2) is 0 Å². The number of rotatable bonds is 5. The Labute approximate surface area is 125 Å². The van der Waals surface area contributed by atoms with Crippen LogP contribution in [0.25, 0.3) is 0 Å². The zero-order valence-corrected chi connectivity index (χ0v) is 10.1. The van der Waals surface area contributed by atoms with Gasteiger partial charge in [0.25, 0.3) is 0 Å². The van der Waals surface area contributed by atoms with Gasteiger partial charge in [-0.2, -0.15) is 0 Å². The van der Waals surface area contributed by atoms with Crippen LogP contribution in [0.1, 0.15) is 11.1 Å². The van der Waals surface area contributed by atoms with E-state index in [1.165, 1.54) is 0 Å². The van der Waals surface area contributed by atoms with Gasteiger partial charge in [0.05, 0.1) is 5.92 Å². The van der Waals surface area contributed by atoms with Gasteiger partial charge >= 0.3 is 24.8 Å². The first-order valence-corrected chi connectivity index (χ1v) is 6.06. The summed E-state index contributed by atoms with van der Waals surface area (Å²) in [7, 11) is 0. The monoisotopic (exact) mass is 248 g/mol. The molecule has 2 aromatic rings. The molecular weight excluding hydrogens is 231 g/mol. The van der Waals surface area contributed by atoms with Crippen molar-refractivity contribution >= 4 is 24.8 Å². The van der Waals surface area contributed by atoms with E-state index in [0.29, 0.717) is 12.8 Å². The number of aliphatic carboxylic acids is 1. The molecule has 2 aromatic carbocycles. The molecule has 3 heteroatoms. The van der Waals surface area contributed by atoms with E-state index >= 15 is 0 Å². The van der Waals surface area contributed by atoms with Crippen molar-refractivity contribution in [3.8, 4) is 0 Å². The number of benzene rings is 2. The van der Waals surface area contributed by atoms with E-state index in [1.54, 1.807) is 0 Å². The van der Waals surface area contributed by atoms with E-state index in [2.05, 4.69) is 0 Å². The van der Waals surface area contributed by atoms with Crippen molar-refractivity contribution in [2.75, 3.05) is 0 Å². The Morgan fingerprint density at radius 3 is 1.53 bits per heavy atom. The van der Waals surface area contributed by atoms with Gasteiger partial charge in [0.1, 0.15) is 0 Å². The van der Waals surface area contributed by atoms with E-state index in [4.69, 9.17) is 0 Å². The van der Waals surface area contributed by atoms with E-state index in [0.717, 1.165) is 11.1 Å². The summed E-state index contributed by atoms with van der Waals surface area (Å²) in [5, 5.41) is 9.30. The third-order valence-corrected chi connectivity index (χ3v) is 3.00. The van der Waals surface area contributed by atoms with Gasteiger partial charge in [-0.3, -0.25) is 4.79 Å². The third-order valence-electron chi connectivity index (χ3n) is 3.00. The summed E-state index contributed by atoms with van der Waals surface area (Å²) >= 11 is 0. The van der Waals surface area contributed by atoms with Crippen LogP contribution in [-0.2, 0) is 17.6 Å². The minimum absolute atomic E-state index is 0. The predicted octanol–water partition coefficient (Wildman–Crippen LogP) is 2.52. The van der Waals surface area contributed by atoms with Gasteiger partial charge in [0.15, 0.2) is 0 Å². The average Bonchev–Trinajstić information content (AvgIpc) is 2.40. The van der Waals surface area contributed by atoms with Crippen molar-refractivity contribution in [3.05, 3.63) is 71.8 Å². The molecule has 0 aromatic heterocycles. The molecule has 0 aliphatic rings. The summed E-state index contributed by atoms with van der Waals surface area (Å²) in [4.78, 5) is 11.3. The molecule has 94 valence electrons. The Kier molecular flexibility index (Phi) is 6.42. The second-order valence-corrected chi connectivity index (χ2v) is 4.41. The van der Waals surface area contributed by atoms with Crippen molar-refractivity contribution in [1.82, 2.24) is 0 Å². The summed E-state index contributed by atoms with van der Waals surface area (Å²) in [5.74, 6) is -1.10. The zero-order valence-electron chi connectivity index (χ0n) is 10.1. The van der Waals surface area contributed by atoms with Crippen LogP contribution in [0.4, 0.5) is 0 Å². The molecule has 0 aliphatic heterocycles. The maximum atomic E-state index is 11.3. The summed E-state index contributed by atoms with van der Waals surface area (Å²) in [5.41, 5.74) is 2.14. The first kappa shape index (κ1) is 15.6. The molecule has 0 unspecified atom stereocenters. The SMILES string of the molecule is O=C(O)C(Cc1ccccc1)Cc1ccccc1.[LiH]. The molecule has 0 saturated carbocycles. The standard InChI is InChI=1S/C16H16O2.Li.H/c17-16(18)15(11-13-7-3-1-4-8-13)12-14-9-5-2-6-10-14;;/h1-10,15H,11-12H2,(H,17,18);;. The van der Waals surface area contributed by atoms with Gasteiger partial charge in [0.2, 0.25) is 0 Å².